The molecule has 8 heteroatoms. The maximum atomic E-state index is 10.9. The molecule has 0 spiro atoms. The normalized spacial score (nSPS) is 11.6. The second kappa shape index (κ2) is 7.95. The van der Waals surface area contributed by atoms with E-state index in [4.69, 9.17) is 19.3 Å². The van der Waals surface area contributed by atoms with Crippen molar-refractivity contribution in [3.63, 3.8) is 0 Å². The molecule has 0 atom stereocenters. The van der Waals surface area contributed by atoms with Gasteiger partial charge in [-0.05, 0) is 71.3 Å². The Labute approximate surface area is 160 Å². The Hall–Kier alpha value is -1.28. The third-order valence-corrected chi connectivity index (χ3v) is 4.71. The minimum atomic E-state index is -4.23. The van der Waals surface area contributed by atoms with E-state index in [9.17, 15) is 9.67 Å². The van der Waals surface area contributed by atoms with E-state index in [0.29, 0.717) is 17.2 Å². The number of ether oxygens (including phenoxy) is 2. The molecule has 0 aliphatic carbocycles. The molecular weight excluding hydrogens is 458 g/mol. The molecule has 0 aliphatic heterocycles. The summed E-state index contributed by atoms with van der Waals surface area (Å²) < 4.78 is 22.8. The molecule has 0 aliphatic rings. The standard InChI is InChI=1S/C17H20IO6P/c1-10(2)14-7-12(4-5-16(14)19)24-17-11(3)6-13(8-15(17)18)23-9-25(20,21)22/h4-8,10,19H,9H2,1-3H3,(H2,20,21,22). The monoisotopic (exact) mass is 478 g/mol. The summed E-state index contributed by atoms with van der Waals surface area (Å²) in [5.41, 5.74) is 1.57. The summed E-state index contributed by atoms with van der Waals surface area (Å²) >= 11 is 2.08. The van der Waals surface area contributed by atoms with Gasteiger partial charge in [-0.1, -0.05) is 13.8 Å². The highest BCUT2D eigenvalue weighted by atomic mass is 127. The van der Waals surface area contributed by atoms with Crippen molar-refractivity contribution in [1.82, 2.24) is 0 Å². The Balaban J connectivity index is 2.26. The Kier molecular flexibility index (Phi) is 6.37. The maximum Gasteiger partial charge on any atom is 0.362 e. The van der Waals surface area contributed by atoms with Gasteiger partial charge in [-0.25, -0.2) is 0 Å². The average Bonchev–Trinajstić information content (AvgIpc) is 2.49. The summed E-state index contributed by atoms with van der Waals surface area (Å²) in [4.78, 5) is 17.8. The number of aromatic hydroxyl groups is 1. The summed E-state index contributed by atoms with van der Waals surface area (Å²) in [6.45, 7) is 5.80. The van der Waals surface area contributed by atoms with Crippen LogP contribution in [0.15, 0.2) is 30.3 Å². The van der Waals surface area contributed by atoms with E-state index in [2.05, 4.69) is 22.6 Å². The molecule has 0 saturated carbocycles. The molecule has 0 fully saturated rings. The summed E-state index contributed by atoms with van der Waals surface area (Å²) in [6, 6.07) is 8.41. The molecule has 0 saturated heterocycles. The maximum absolute atomic E-state index is 10.9. The van der Waals surface area contributed by atoms with Crippen LogP contribution in [0.3, 0.4) is 0 Å². The first-order valence-electron chi connectivity index (χ1n) is 7.55. The van der Waals surface area contributed by atoms with Gasteiger partial charge in [0.1, 0.15) is 23.0 Å². The first-order valence-corrected chi connectivity index (χ1v) is 10.4. The molecular formula is C17H20IO6P. The van der Waals surface area contributed by atoms with Crippen molar-refractivity contribution >= 4 is 30.2 Å². The number of aryl methyl sites for hydroxylation is 1. The Morgan fingerprint density at radius 1 is 1.16 bits per heavy atom. The van der Waals surface area contributed by atoms with E-state index in [1.54, 1.807) is 30.3 Å². The van der Waals surface area contributed by atoms with Gasteiger partial charge < -0.3 is 24.4 Å². The second-order valence-corrected chi connectivity index (χ2v) is 8.72. The van der Waals surface area contributed by atoms with Crippen LogP contribution in [-0.4, -0.2) is 21.2 Å². The van der Waals surface area contributed by atoms with Crippen LogP contribution in [-0.2, 0) is 4.57 Å². The minimum absolute atomic E-state index is 0.159. The minimum Gasteiger partial charge on any atom is -0.508 e. The van der Waals surface area contributed by atoms with E-state index in [-0.39, 0.29) is 11.7 Å². The highest BCUT2D eigenvalue weighted by molar-refractivity contribution is 14.1. The zero-order valence-corrected chi connectivity index (χ0v) is 17.1. The van der Waals surface area contributed by atoms with Gasteiger partial charge in [0, 0.05) is 5.56 Å². The van der Waals surface area contributed by atoms with Gasteiger partial charge in [-0.2, -0.15) is 0 Å². The zero-order chi connectivity index (χ0) is 18.8. The fraction of sp³-hybridized carbons (Fsp3) is 0.294. The van der Waals surface area contributed by atoms with Crippen molar-refractivity contribution in [3.05, 3.63) is 45.0 Å². The van der Waals surface area contributed by atoms with Gasteiger partial charge in [-0.15, -0.1) is 0 Å². The summed E-state index contributed by atoms with van der Waals surface area (Å²) in [7, 11) is -4.23. The molecule has 0 unspecified atom stereocenters. The molecule has 3 N–H and O–H groups in total. The largest absolute Gasteiger partial charge is 0.508 e. The third kappa shape index (κ3) is 5.60. The van der Waals surface area contributed by atoms with Crippen LogP contribution in [0.1, 0.15) is 30.9 Å². The SMILES string of the molecule is Cc1cc(OCP(=O)(O)O)cc(I)c1Oc1ccc(O)c(C(C)C)c1. The second-order valence-electron chi connectivity index (χ2n) is 5.97. The van der Waals surface area contributed by atoms with E-state index < -0.39 is 13.9 Å². The molecule has 0 bridgehead atoms. The third-order valence-electron chi connectivity index (χ3n) is 3.44. The number of halogens is 1. The predicted molar refractivity (Wildman–Crippen MR) is 104 cm³/mol. The van der Waals surface area contributed by atoms with E-state index in [0.717, 1.165) is 14.7 Å². The van der Waals surface area contributed by atoms with Crippen LogP contribution in [0.4, 0.5) is 0 Å². The first-order chi connectivity index (χ1) is 11.6. The molecule has 136 valence electrons. The molecule has 2 aromatic rings. The molecule has 0 radical (unpaired) electrons. The summed E-state index contributed by atoms with van der Waals surface area (Å²) in [6.07, 6.45) is -0.668. The average molecular weight is 478 g/mol. The van der Waals surface area contributed by atoms with E-state index >= 15 is 0 Å². The molecule has 25 heavy (non-hydrogen) atoms. The molecule has 2 rings (SSSR count). The van der Waals surface area contributed by atoms with Crippen molar-refractivity contribution in [2.45, 2.75) is 26.7 Å². The first kappa shape index (κ1) is 20.0. The Morgan fingerprint density at radius 2 is 1.84 bits per heavy atom. The van der Waals surface area contributed by atoms with Crippen molar-refractivity contribution in [2.75, 3.05) is 6.35 Å². The fourth-order valence-electron chi connectivity index (χ4n) is 2.25. The topological polar surface area (TPSA) is 96.2 Å². The number of phenols is 1. The van der Waals surface area contributed by atoms with Crippen LogP contribution in [0, 0.1) is 10.5 Å². The van der Waals surface area contributed by atoms with Crippen molar-refractivity contribution in [2.24, 2.45) is 0 Å². The zero-order valence-electron chi connectivity index (χ0n) is 14.1. The van der Waals surface area contributed by atoms with Gasteiger partial charge in [-0.3, -0.25) is 4.57 Å². The lowest BCUT2D eigenvalue weighted by atomic mass is 10.0. The lowest BCUT2D eigenvalue weighted by Crippen LogP contribution is -2.00. The highest BCUT2D eigenvalue weighted by Crippen LogP contribution is 2.38. The molecule has 0 heterocycles. The number of hydrogen-bond donors (Lipinski definition) is 3. The van der Waals surface area contributed by atoms with Gasteiger partial charge in [0.25, 0.3) is 0 Å². The van der Waals surface area contributed by atoms with Crippen LogP contribution >= 0.6 is 30.2 Å². The molecule has 2 aromatic carbocycles. The summed E-state index contributed by atoms with van der Waals surface area (Å²) in [5, 5.41) is 9.90. The van der Waals surface area contributed by atoms with Crippen molar-refractivity contribution in [1.29, 1.82) is 0 Å². The Morgan fingerprint density at radius 3 is 2.40 bits per heavy atom. The quantitative estimate of drug-likeness (QED) is 0.411. The summed E-state index contributed by atoms with van der Waals surface area (Å²) in [5.74, 6) is 1.99. The van der Waals surface area contributed by atoms with Crippen molar-refractivity contribution < 1.29 is 28.9 Å². The number of hydrogen-bond acceptors (Lipinski definition) is 4. The van der Waals surface area contributed by atoms with Crippen molar-refractivity contribution in [3.8, 4) is 23.0 Å². The van der Waals surface area contributed by atoms with E-state index in [1.807, 2.05) is 20.8 Å². The number of rotatable bonds is 6. The van der Waals surface area contributed by atoms with Gasteiger partial charge in [0.2, 0.25) is 0 Å². The highest BCUT2D eigenvalue weighted by Gasteiger charge is 2.16. The number of benzene rings is 2. The fourth-order valence-corrected chi connectivity index (χ4v) is 3.41. The van der Waals surface area contributed by atoms with Gasteiger partial charge in [0.05, 0.1) is 3.57 Å². The van der Waals surface area contributed by atoms with E-state index in [1.165, 1.54) is 0 Å². The lowest BCUT2D eigenvalue weighted by Gasteiger charge is -2.15. The van der Waals surface area contributed by atoms with Crippen LogP contribution in [0.2, 0.25) is 0 Å². The van der Waals surface area contributed by atoms with Gasteiger partial charge in [0.15, 0.2) is 6.35 Å². The van der Waals surface area contributed by atoms with Crippen LogP contribution < -0.4 is 9.47 Å². The molecule has 0 amide bonds. The molecule has 0 aromatic heterocycles. The van der Waals surface area contributed by atoms with Crippen LogP contribution in [0.5, 0.6) is 23.0 Å². The molecule has 6 nitrogen and oxygen atoms in total. The predicted octanol–water partition coefficient (Wildman–Crippen LogP) is 4.73. The number of phenolic OH excluding ortho intramolecular Hbond substituents is 1. The van der Waals surface area contributed by atoms with Gasteiger partial charge >= 0.3 is 7.60 Å². The lowest BCUT2D eigenvalue weighted by molar-refractivity contribution is 0.300. The smallest absolute Gasteiger partial charge is 0.362 e. The Bertz CT molecular complexity index is 792. The van der Waals surface area contributed by atoms with Crippen LogP contribution in [0.25, 0.3) is 0 Å².